The molecule has 0 spiro atoms. The van der Waals surface area contributed by atoms with Gasteiger partial charge in [-0.25, -0.2) is 4.98 Å². The van der Waals surface area contributed by atoms with E-state index in [0.29, 0.717) is 37.7 Å². The first kappa shape index (κ1) is 26.3. The molecule has 0 aliphatic carbocycles. The molecule has 1 amide bonds. The SMILES string of the molecule is COc1cncc(C2=CN(c3cc(C(=O)Nc4cc(C(F)(F)F)cc(N5CCOCC5)n4)ccc3C)NN2)c1. The number of alkyl halides is 3. The highest BCUT2D eigenvalue weighted by atomic mass is 19.4. The van der Waals surface area contributed by atoms with Crippen molar-refractivity contribution in [2.24, 2.45) is 0 Å². The molecule has 4 heterocycles. The minimum Gasteiger partial charge on any atom is -0.495 e. The molecule has 2 aromatic heterocycles. The summed E-state index contributed by atoms with van der Waals surface area (Å²) in [6, 6.07) is 8.63. The molecule has 204 valence electrons. The highest BCUT2D eigenvalue weighted by Crippen LogP contribution is 2.33. The standard InChI is InChI=1S/C26H26F3N7O3/c1-16-3-4-17(10-22(16)36-15-21(33-34-36)18-9-20(38-2)14-30-13-18)25(37)32-23-11-19(26(27,28)29)12-24(31-23)35-5-7-39-8-6-35/h3-4,9-15,33-34H,5-8H2,1-2H3,(H,31,32,37). The molecule has 1 saturated heterocycles. The van der Waals surface area contributed by atoms with E-state index in [1.165, 1.54) is 0 Å². The Kier molecular flexibility index (Phi) is 7.26. The molecule has 0 bridgehead atoms. The molecule has 0 unspecified atom stereocenters. The van der Waals surface area contributed by atoms with Gasteiger partial charge in [-0.1, -0.05) is 6.07 Å². The van der Waals surface area contributed by atoms with Gasteiger partial charge in [-0.05, 0) is 42.8 Å². The Hall–Kier alpha value is -4.36. The van der Waals surface area contributed by atoms with Gasteiger partial charge in [0, 0.05) is 36.6 Å². The normalized spacial score (nSPS) is 15.6. The number of nitrogens with zero attached hydrogens (tertiary/aromatic N) is 4. The zero-order chi connectivity index (χ0) is 27.6. The largest absolute Gasteiger partial charge is 0.495 e. The van der Waals surface area contributed by atoms with E-state index in [1.807, 2.05) is 13.0 Å². The van der Waals surface area contributed by atoms with E-state index in [4.69, 9.17) is 9.47 Å². The van der Waals surface area contributed by atoms with Crippen LogP contribution in [-0.4, -0.2) is 49.3 Å². The van der Waals surface area contributed by atoms with Crippen LogP contribution in [0.4, 0.5) is 30.5 Å². The number of anilines is 3. The van der Waals surface area contributed by atoms with Crippen molar-refractivity contribution >= 4 is 28.9 Å². The first-order chi connectivity index (χ1) is 18.7. The van der Waals surface area contributed by atoms with Gasteiger partial charge in [0.15, 0.2) is 0 Å². The van der Waals surface area contributed by atoms with Gasteiger partial charge in [-0.3, -0.25) is 14.8 Å². The van der Waals surface area contributed by atoms with Gasteiger partial charge in [0.1, 0.15) is 17.4 Å². The van der Waals surface area contributed by atoms with Crippen molar-refractivity contribution in [1.29, 1.82) is 0 Å². The number of halogens is 3. The second-order valence-electron chi connectivity index (χ2n) is 8.91. The summed E-state index contributed by atoms with van der Waals surface area (Å²) in [6.07, 6.45) is 0.469. The molecule has 1 fully saturated rings. The van der Waals surface area contributed by atoms with Gasteiger partial charge in [0.25, 0.3) is 5.91 Å². The molecule has 13 heteroatoms. The van der Waals surface area contributed by atoms with Crippen molar-refractivity contribution < 1.29 is 27.4 Å². The zero-order valence-electron chi connectivity index (χ0n) is 21.2. The Morgan fingerprint density at radius 3 is 2.67 bits per heavy atom. The molecule has 0 atom stereocenters. The molecule has 39 heavy (non-hydrogen) atoms. The summed E-state index contributed by atoms with van der Waals surface area (Å²) >= 11 is 0. The maximum Gasteiger partial charge on any atom is 0.416 e. The lowest BCUT2D eigenvalue weighted by Gasteiger charge is -2.28. The summed E-state index contributed by atoms with van der Waals surface area (Å²) in [5.74, 6) is -0.0509. The van der Waals surface area contributed by atoms with Crippen LogP contribution in [0, 0.1) is 6.92 Å². The molecular weight excluding hydrogens is 515 g/mol. The summed E-state index contributed by atoms with van der Waals surface area (Å²) in [6.45, 7) is 3.45. The number of hydrogen-bond donors (Lipinski definition) is 3. The lowest BCUT2D eigenvalue weighted by atomic mass is 10.1. The number of morpholine rings is 1. The highest BCUT2D eigenvalue weighted by molar-refractivity contribution is 6.04. The molecule has 5 rings (SSSR count). The van der Waals surface area contributed by atoms with E-state index in [1.54, 1.807) is 53.8 Å². The van der Waals surface area contributed by atoms with E-state index < -0.39 is 17.6 Å². The van der Waals surface area contributed by atoms with Crippen LogP contribution in [-0.2, 0) is 10.9 Å². The Bertz CT molecular complexity index is 1410. The van der Waals surface area contributed by atoms with E-state index in [-0.39, 0.29) is 17.2 Å². The molecule has 10 nitrogen and oxygen atoms in total. The monoisotopic (exact) mass is 541 g/mol. The third-order valence-corrected chi connectivity index (χ3v) is 6.28. The molecule has 3 N–H and O–H groups in total. The summed E-state index contributed by atoms with van der Waals surface area (Å²) in [4.78, 5) is 23.3. The molecule has 0 saturated carbocycles. The van der Waals surface area contributed by atoms with E-state index in [0.717, 1.165) is 29.0 Å². The van der Waals surface area contributed by atoms with E-state index >= 15 is 0 Å². The molecule has 3 aromatic rings. The average molecular weight is 542 g/mol. The number of carbonyl (C=O) groups is 1. The lowest BCUT2D eigenvalue weighted by Crippen LogP contribution is -2.37. The Morgan fingerprint density at radius 1 is 1.13 bits per heavy atom. The minimum absolute atomic E-state index is 0.130. The van der Waals surface area contributed by atoms with Gasteiger partial charge in [0.05, 0.1) is 43.5 Å². The van der Waals surface area contributed by atoms with Gasteiger partial charge >= 0.3 is 6.18 Å². The summed E-state index contributed by atoms with van der Waals surface area (Å²) < 4.78 is 51.4. The number of nitrogens with one attached hydrogen (secondary N) is 3. The summed E-state index contributed by atoms with van der Waals surface area (Å²) in [5.41, 5.74) is 8.45. The number of hydrazine groups is 2. The number of carbonyl (C=O) groups excluding carboxylic acids is 1. The molecular formula is C26H26F3N7O3. The van der Waals surface area contributed by atoms with Crippen molar-refractivity contribution in [2.75, 3.05) is 48.6 Å². The summed E-state index contributed by atoms with van der Waals surface area (Å²) in [7, 11) is 1.56. The first-order valence-corrected chi connectivity index (χ1v) is 12.1. The number of amides is 1. The Balaban J connectivity index is 1.39. The number of hydrogen-bond acceptors (Lipinski definition) is 9. The molecule has 1 aromatic carbocycles. The minimum atomic E-state index is -4.60. The van der Waals surface area contributed by atoms with Crippen molar-refractivity contribution in [3.63, 3.8) is 0 Å². The van der Waals surface area contributed by atoms with Crippen molar-refractivity contribution in [3.8, 4) is 5.75 Å². The van der Waals surface area contributed by atoms with Crippen LogP contribution in [0.3, 0.4) is 0 Å². The average Bonchev–Trinajstić information content (AvgIpc) is 3.43. The second kappa shape index (κ2) is 10.8. The number of methoxy groups -OCH3 is 1. The smallest absolute Gasteiger partial charge is 0.416 e. The highest BCUT2D eigenvalue weighted by Gasteiger charge is 2.33. The maximum atomic E-state index is 13.6. The fourth-order valence-electron chi connectivity index (χ4n) is 4.17. The summed E-state index contributed by atoms with van der Waals surface area (Å²) in [5, 5.41) is 4.23. The van der Waals surface area contributed by atoms with Crippen molar-refractivity contribution in [2.45, 2.75) is 13.1 Å². The molecule has 2 aliphatic heterocycles. The number of aryl methyl sites for hydroxylation is 1. The first-order valence-electron chi connectivity index (χ1n) is 12.1. The maximum absolute atomic E-state index is 13.6. The molecule has 2 aliphatic rings. The van der Waals surface area contributed by atoms with Gasteiger partial charge < -0.3 is 25.1 Å². The quantitative estimate of drug-likeness (QED) is 0.431. The van der Waals surface area contributed by atoms with E-state index in [2.05, 4.69) is 26.2 Å². The van der Waals surface area contributed by atoms with Crippen LogP contribution in [0.2, 0.25) is 0 Å². The predicted octanol–water partition coefficient (Wildman–Crippen LogP) is 3.73. The van der Waals surface area contributed by atoms with Crippen LogP contribution in [0.25, 0.3) is 5.70 Å². The van der Waals surface area contributed by atoms with Crippen molar-refractivity contribution in [1.82, 2.24) is 20.9 Å². The Morgan fingerprint density at radius 2 is 1.92 bits per heavy atom. The number of ether oxygens (including phenoxy) is 2. The Labute approximate surface area is 222 Å². The second-order valence-corrected chi connectivity index (χ2v) is 8.91. The zero-order valence-corrected chi connectivity index (χ0v) is 21.2. The third kappa shape index (κ3) is 5.89. The van der Waals surface area contributed by atoms with Gasteiger partial charge in [-0.2, -0.15) is 13.2 Å². The number of rotatable bonds is 6. The number of aromatic nitrogens is 2. The van der Waals surface area contributed by atoms with Gasteiger partial charge in [-0.15, -0.1) is 5.53 Å². The topological polar surface area (TPSA) is 104 Å². The lowest BCUT2D eigenvalue weighted by molar-refractivity contribution is -0.137. The number of pyridine rings is 2. The third-order valence-electron chi connectivity index (χ3n) is 6.28. The predicted molar refractivity (Wildman–Crippen MR) is 139 cm³/mol. The fourth-order valence-corrected chi connectivity index (χ4v) is 4.17. The van der Waals surface area contributed by atoms with Crippen LogP contribution >= 0.6 is 0 Å². The van der Waals surface area contributed by atoms with Crippen LogP contribution in [0.1, 0.15) is 27.0 Å². The molecule has 0 radical (unpaired) electrons. The van der Waals surface area contributed by atoms with Crippen LogP contribution < -0.4 is 30.9 Å². The van der Waals surface area contributed by atoms with E-state index in [9.17, 15) is 18.0 Å². The van der Waals surface area contributed by atoms with Crippen molar-refractivity contribution in [3.05, 3.63) is 77.2 Å². The fraction of sp³-hybridized carbons (Fsp3) is 0.269. The van der Waals surface area contributed by atoms with Crippen LogP contribution in [0.15, 0.2) is 55.0 Å². The van der Waals surface area contributed by atoms with Crippen LogP contribution in [0.5, 0.6) is 5.75 Å². The van der Waals surface area contributed by atoms with Gasteiger partial charge in [0.2, 0.25) is 0 Å². The number of benzene rings is 1.